The predicted octanol–water partition coefficient (Wildman–Crippen LogP) is 3.55. The van der Waals surface area contributed by atoms with Crippen LogP contribution in [0.2, 0.25) is 0 Å². The van der Waals surface area contributed by atoms with E-state index in [0.29, 0.717) is 30.0 Å². The van der Waals surface area contributed by atoms with Gasteiger partial charge in [0.1, 0.15) is 18.0 Å². The van der Waals surface area contributed by atoms with Crippen molar-refractivity contribution in [3.05, 3.63) is 102 Å². The maximum Gasteiger partial charge on any atom is 0.254 e. The van der Waals surface area contributed by atoms with Crippen LogP contribution in [-0.4, -0.2) is 40.2 Å². The van der Waals surface area contributed by atoms with Crippen LogP contribution in [0.15, 0.2) is 79.1 Å². The third-order valence-electron chi connectivity index (χ3n) is 5.09. The number of fused-ring (bicyclic) bond motifs is 1. The fraction of sp³-hybridized carbons (Fsp3) is 0.160. The molecule has 2 amide bonds. The van der Waals surface area contributed by atoms with Crippen LogP contribution in [-0.2, 0) is 13.2 Å². The minimum absolute atomic E-state index is 0.112. The Morgan fingerprint density at radius 3 is 2.59 bits per heavy atom. The molecule has 1 N–H and O–H groups in total. The molecule has 0 bridgehead atoms. The Morgan fingerprint density at radius 2 is 1.84 bits per heavy atom. The van der Waals surface area contributed by atoms with E-state index in [9.17, 15) is 9.59 Å². The lowest BCUT2D eigenvalue weighted by molar-refractivity contribution is 0.0784. The molecule has 2 aromatic carbocycles. The summed E-state index contributed by atoms with van der Waals surface area (Å²) in [6.45, 7) is 0.742. The second-order valence-corrected chi connectivity index (χ2v) is 7.45. The first-order valence-corrected chi connectivity index (χ1v) is 10.3. The van der Waals surface area contributed by atoms with E-state index < -0.39 is 0 Å². The van der Waals surface area contributed by atoms with Crippen molar-refractivity contribution in [3.63, 3.8) is 0 Å². The van der Waals surface area contributed by atoms with E-state index in [1.54, 1.807) is 49.3 Å². The van der Waals surface area contributed by atoms with E-state index in [1.807, 2.05) is 53.2 Å². The van der Waals surface area contributed by atoms with E-state index >= 15 is 0 Å². The highest BCUT2D eigenvalue weighted by atomic mass is 16.5. The maximum absolute atomic E-state index is 12.9. The number of carbonyl (C=O) groups excluding carboxylic acids is 2. The second-order valence-electron chi connectivity index (χ2n) is 7.45. The van der Waals surface area contributed by atoms with Gasteiger partial charge in [0.2, 0.25) is 0 Å². The topological polar surface area (TPSA) is 75.9 Å². The molecular weight excluding hydrogens is 404 g/mol. The summed E-state index contributed by atoms with van der Waals surface area (Å²) in [5.74, 6) is 0.358. The molecule has 0 aliphatic rings. The fourth-order valence-electron chi connectivity index (χ4n) is 3.40. The van der Waals surface area contributed by atoms with E-state index in [0.717, 1.165) is 16.9 Å². The summed E-state index contributed by atoms with van der Waals surface area (Å²) >= 11 is 0. The first-order chi connectivity index (χ1) is 15.5. The lowest BCUT2D eigenvalue weighted by Gasteiger charge is -2.18. The van der Waals surface area contributed by atoms with Gasteiger partial charge >= 0.3 is 0 Å². The maximum atomic E-state index is 12.9. The van der Waals surface area contributed by atoms with E-state index in [-0.39, 0.29) is 11.8 Å². The normalized spacial score (nSPS) is 10.7. The largest absolute Gasteiger partial charge is 0.487 e. The first kappa shape index (κ1) is 21.1. The van der Waals surface area contributed by atoms with Gasteiger partial charge in [-0.15, -0.1) is 0 Å². The Hall–Kier alpha value is -4.13. The van der Waals surface area contributed by atoms with Crippen LogP contribution in [0.3, 0.4) is 0 Å². The number of imidazole rings is 1. The molecule has 2 aromatic heterocycles. The van der Waals surface area contributed by atoms with Crippen molar-refractivity contribution in [2.45, 2.75) is 13.2 Å². The van der Waals surface area contributed by atoms with Gasteiger partial charge in [-0.3, -0.25) is 9.59 Å². The summed E-state index contributed by atoms with van der Waals surface area (Å²) in [5, 5.41) is 2.59. The summed E-state index contributed by atoms with van der Waals surface area (Å²) < 4.78 is 7.81. The number of nitrogens with zero attached hydrogens (tertiary/aromatic N) is 3. The van der Waals surface area contributed by atoms with Crippen molar-refractivity contribution in [3.8, 4) is 5.75 Å². The van der Waals surface area contributed by atoms with Gasteiger partial charge in [-0.1, -0.05) is 24.3 Å². The minimum atomic E-state index is -0.138. The number of pyridine rings is 1. The molecule has 0 spiro atoms. The van der Waals surface area contributed by atoms with Gasteiger partial charge in [0.15, 0.2) is 0 Å². The molecule has 2 heterocycles. The molecule has 4 aromatic rings. The third kappa shape index (κ3) is 4.78. The number of nitrogens with one attached hydrogen (secondary N) is 1. The van der Waals surface area contributed by atoms with Gasteiger partial charge in [-0.05, 0) is 48.0 Å². The van der Waals surface area contributed by atoms with Gasteiger partial charge in [-0.25, -0.2) is 4.98 Å². The molecule has 0 aliphatic carbocycles. The van der Waals surface area contributed by atoms with Crippen molar-refractivity contribution in [2.24, 2.45) is 0 Å². The number of hydrogen-bond donors (Lipinski definition) is 1. The fourth-order valence-corrected chi connectivity index (χ4v) is 3.40. The Kier molecular flexibility index (Phi) is 6.17. The molecule has 0 fully saturated rings. The number of carbonyl (C=O) groups is 2. The standard InChI is InChI=1S/C25H24N4O3/c1-26-24(30)19-11-9-18(10-12-19)15-28(2)25(31)20-6-5-7-22(14-20)32-17-21-16-29-13-4-3-8-23(29)27-21/h3-14,16H,15,17H2,1-2H3,(H,26,30). The van der Waals surface area contributed by atoms with Gasteiger partial charge < -0.3 is 19.4 Å². The zero-order valence-corrected chi connectivity index (χ0v) is 18.0. The molecule has 0 saturated heterocycles. The molecule has 0 unspecified atom stereocenters. The molecule has 0 saturated carbocycles. The number of rotatable bonds is 7. The van der Waals surface area contributed by atoms with E-state index in [1.165, 1.54) is 0 Å². The molecule has 32 heavy (non-hydrogen) atoms. The second kappa shape index (κ2) is 9.34. The van der Waals surface area contributed by atoms with E-state index in [4.69, 9.17) is 4.74 Å². The van der Waals surface area contributed by atoms with E-state index in [2.05, 4.69) is 10.3 Å². The average molecular weight is 428 g/mol. The first-order valence-electron chi connectivity index (χ1n) is 10.3. The number of aromatic nitrogens is 2. The van der Waals surface area contributed by atoms with Gasteiger partial charge in [0.25, 0.3) is 11.8 Å². The zero-order valence-electron chi connectivity index (χ0n) is 18.0. The highest BCUT2D eigenvalue weighted by Crippen LogP contribution is 2.18. The van der Waals surface area contributed by atoms with Crippen LogP contribution in [0.5, 0.6) is 5.75 Å². The monoisotopic (exact) mass is 428 g/mol. The predicted molar refractivity (Wildman–Crippen MR) is 122 cm³/mol. The van der Waals surface area contributed by atoms with Gasteiger partial charge in [0.05, 0.1) is 5.69 Å². The van der Waals surface area contributed by atoms with Crippen LogP contribution in [0.1, 0.15) is 32.0 Å². The quantitative estimate of drug-likeness (QED) is 0.489. The van der Waals surface area contributed by atoms with Crippen LogP contribution < -0.4 is 10.1 Å². The smallest absolute Gasteiger partial charge is 0.254 e. The SMILES string of the molecule is CNC(=O)c1ccc(CN(C)C(=O)c2cccc(OCc3cn4ccccc4n3)c2)cc1. The Morgan fingerprint density at radius 1 is 1.03 bits per heavy atom. The highest BCUT2D eigenvalue weighted by Gasteiger charge is 2.14. The summed E-state index contributed by atoms with van der Waals surface area (Å²) in [5.41, 5.74) is 3.74. The lowest BCUT2D eigenvalue weighted by atomic mass is 10.1. The summed E-state index contributed by atoms with van der Waals surface area (Å²) in [4.78, 5) is 30.7. The number of amides is 2. The molecule has 0 radical (unpaired) electrons. The van der Waals surface area contributed by atoms with Crippen LogP contribution in [0.25, 0.3) is 5.65 Å². The number of ether oxygens (including phenoxy) is 1. The lowest BCUT2D eigenvalue weighted by Crippen LogP contribution is -2.26. The van der Waals surface area contributed by atoms with Crippen molar-refractivity contribution >= 4 is 17.5 Å². The molecule has 0 aliphatic heterocycles. The van der Waals surface area contributed by atoms with Crippen molar-refractivity contribution in [1.82, 2.24) is 19.6 Å². The third-order valence-corrected chi connectivity index (χ3v) is 5.09. The van der Waals surface area contributed by atoms with Gasteiger partial charge in [0, 0.05) is 44.2 Å². The van der Waals surface area contributed by atoms with Crippen LogP contribution >= 0.6 is 0 Å². The molecule has 4 rings (SSSR count). The average Bonchev–Trinajstić information content (AvgIpc) is 3.25. The molecule has 7 nitrogen and oxygen atoms in total. The molecule has 162 valence electrons. The zero-order chi connectivity index (χ0) is 22.5. The Labute approximate surface area is 186 Å². The molecule has 0 atom stereocenters. The molecular formula is C25H24N4O3. The highest BCUT2D eigenvalue weighted by molar-refractivity contribution is 5.95. The van der Waals surface area contributed by atoms with Crippen molar-refractivity contribution < 1.29 is 14.3 Å². The Bertz CT molecular complexity index is 1210. The van der Waals surface area contributed by atoms with Crippen molar-refractivity contribution in [2.75, 3.05) is 14.1 Å². The van der Waals surface area contributed by atoms with Crippen LogP contribution in [0.4, 0.5) is 0 Å². The summed E-state index contributed by atoms with van der Waals surface area (Å²) in [6, 6.07) is 20.2. The van der Waals surface area contributed by atoms with Gasteiger partial charge in [-0.2, -0.15) is 0 Å². The minimum Gasteiger partial charge on any atom is -0.487 e. The summed E-state index contributed by atoms with van der Waals surface area (Å²) in [7, 11) is 3.34. The van der Waals surface area contributed by atoms with Crippen molar-refractivity contribution in [1.29, 1.82) is 0 Å². The number of benzene rings is 2. The van der Waals surface area contributed by atoms with Crippen LogP contribution in [0, 0.1) is 0 Å². The summed E-state index contributed by atoms with van der Waals surface area (Å²) in [6.07, 6.45) is 3.86. The number of hydrogen-bond acceptors (Lipinski definition) is 4. The Balaban J connectivity index is 1.39. The molecule has 7 heteroatoms.